The van der Waals surface area contributed by atoms with Gasteiger partial charge in [-0.15, -0.1) is 0 Å². The van der Waals surface area contributed by atoms with E-state index in [-0.39, 0.29) is 12.5 Å². The minimum Gasteiger partial charge on any atom is -0.483 e. The molecule has 0 fully saturated rings. The summed E-state index contributed by atoms with van der Waals surface area (Å²) in [7, 11) is 1.67. The third-order valence-electron chi connectivity index (χ3n) is 2.67. The lowest BCUT2D eigenvalue weighted by Gasteiger charge is -2.17. The molecule has 0 heterocycles. The van der Waals surface area contributed by atoms with Gasteiger partial charge in [-0.25, -0.2) is 4.39 Å². The number of hydrogen-bond acceptors (Lipinski definition) is 3. The van der Waals surface area contributed by atoms with E-state index in [1.54, 1.807) is 7.05 Å². The molecule has 18 heavy (non-hydrogen) atoms. The summed E-state index contributed by atoms with van der Waals surface area (Å²) in [5, 5.41) is 9.51. The summed E-state index contributed by atoms with van der Waals surface area (Å²) in [5.41, 5.74) is 0.335. The zero-order valence-electron chi connectivity index (χ0n) is 10.8. The Hall–Kier alpha value is -1.62. The van der Waals surface area contributed by atoms with Crippen LogP contribution in [-0.4, -0.2) is 36.1 Å². The van der Waals surface area contributed by atoms with Crippen molar-refractivity contribution in [3.8, 4) is 5.75 Å². The summed E-state index contributed by atoms with van der Waals surface area (Å²) >= 11 is 0. The van der Waals surface area contributed by atoms with Gasteiger partial charge in [-0.3, -0.25) is 4.79 Å². The van der Waals surface area contributed by atoms with Crippen molar-refractivity contribution in [2.45, 2.75) is 20.0 Å². The van der Waals surface area contributed by atoms with Crippen LogP contribution >= 0.6 is 0 Å². The largest absolute Gasteiger partial charge is 0.483 e. The first-order chi connectivity index (χ1) is 8.45. The molecule has 0 aliphatic rings. The lowest BCUT2D eigenvalue weighted by atomic mass is 10.1. The normalized spacial score (nSPS) is 12.1. The van der Waals surface area contributed by atoms with Gasteiger partial charge in [0, 0.05) is 19.2 Å². The van der Waals surface area contributed by atoms with Crippen molar-refractivity contribution in [3.63, 3.8) is 0 Å². The first-order valence-corrected chi connectivity index (χ1v) is 5.80. The van der Waals surface area contributed by atoms with Crippen LogP contribution < -0.4 is 4.74 Å². The average Bonchev–Trinajstić information content (AvgIpc) is 2.35. The molecule has 1 aromatic carbocycles. The van der Waals surface area contributed by atoms with Crippen LogP contribution in [0, 0.1) is 5.82 Å². The van der Waals surface area contributed by atoms with E-state index in [4.69, 9.17) is 4.74 Å². The predicted octanol–water partition coefficient (Wildman–Crippen LogP) is 1.74. The number of benzene rings is 1. The topological polar surface area (TPSA) is 49.8 Å². The van der Waals surface area contributed by atoms with Crippen LogP contribution in [-0.2, 0) is 4.79 Å². The molecule has 0 radical (unpaired) electrons. The van der Waals surface area contributed by atoms with Crippen molar-refractivity contribution in [2.24, 2.45) is 0 Å². The third-order valence-corrected chi connectivity index (χ3v) is 2.67. The number of ether oxygens (including phenoxy) is 1. The molecule has 1 atom stereocenters. The lowest BCUT2D eigenvalue weighted by Crippen LogP contribution is -2.31. The minimum absolute atomic E-state index is 0.129. The SMILES string of the molecule is CCN(C)C(=O)COc1ccc(F)cc1C(C)O. The van der Waals surface area contributed by atoms with Crippen LogP contribution in [0.25, 0.3) is 0 Å². The molecule has 0 aliphatic heterocycles. The maximum Gasteiger partial charge on any atom is 0.260 e. The monoisotopic (exact) mass is 255 g/mol. The Kier molecular flexibility index (Phi) is 5.09. The standard InChI is InChI=1S/C13H18FNO3/c1-4-15(3)13(17)8-18-12-6-5-10(14)7-11(12)9(2)16/h5-7,9,16H,4,8H2,1-3H3. The number of aliphatic hydroxyl groups excluding tert-OH is 1. The smallest absolute Gasteiger partial charge is 0.260 e. The number of likely N-dealkylation sites (N-methyl/N-ethyl adjacent to an activating group) is 1. The predicted molar refractivity (Wildman–Crippen MR) is 65.8 cm³/mol. The molecule has 4 nitrogen and oxygen atoms in total. The lowest BCUT2D eigenvalue weighted by molar-refractivity contribution is -0.131. The van der Waals surface area contributed by atoms with Gasteiger partial charge in [-0.2, -0.15) is 0 Å². The van der Waals surface area contributed by atoms with Crippen molar-refractivity contribution in [1.29, 1.82) is 0 Å². The van der Waals surface area contributed by atoms with Gasteiger partial charge in [0.1, 0.15) is 11.6 Å². The van der Waals surface area contributed by atoms with Crippen molar-refractivity contribution in [1.82, 2.24) is 4.90 Å². The molecule has 5 heteroatoms. The van der Waals surface area contributed by atoms with Crippen LogP contribution in [0.2, 0.25) is 0 Å². The maximum atomic E-state index is 13.0. The summed E-state index contributed by atoms with van der Waals surface area (Å²) in [6.45, 7) is 3.84. The van der Waals surface area contributed by atoms with E-state index in [1.807, 2.05) is 6.92 Å². The zero-order chi connectivity index (χ0) is 13.7. The van der Waals surface area contributed by atoms with Crippen LogP contribution in [0.5, 0.6) is 5.75 Å². The second-order valence-corrected chi connectivity index (χ2v) is 4.05. The molecule has 0 aliphatic carbocycles. The number of rotatable bonds is 5. The van der Waals surface area contributed by atoms with E-state index in [9.17, 15) is 14.3 Å². The second kappa shape index (κ2) is 6.35. The molecule has 0 aromatic heterocycles. The van der Waals surface area contributed by atoms with Crippen molar-refractivity contribution in [2.75, 3.05) is 20.2 Å². The number of aliphatic hydroxyl groups is 1. The molecular weight excluding hydrogens is 237 g/mol. The minimum atomic E-state index is -0.852. The molecule has 0 bridgehead atoms. The highest BCUT2D eigenvalue weighted by molar-refractivity contribution is 5.77. The maximum absolute atomic E-state index is 13.0. The van der Waals surface area contributed by atoms with Gasteiger partial charge in [0.15, 0.2) is 6.61 Å². The molecule has 100 valence electrons. The fourth-order valence-corrected chi connectivity index (χ4v) is 1.40. The van der Waals surface area contributed by atoms with E-state index in [0.29, 0.717) is 17.9 Å². The van der Waals surface area contributed by atoms with Gasteiger partial charge < -0.3 is 14.7 Å². The number of halogens is 1. The number of carbonyl (C=O) groups excluding carboxylic acids is 1. The molecule has 0 saturated carbocycles. The summed E-state index contributed by atoms with van der Waals surface area (Å²) in [4.78, 5) is 13.1. The quantitative estimate of drug-likeness (QED) is 0.871. The fraction of sp³-hybridized carbons (Fsp3) is 0.462. The van der Waals surface area contributed by atoms with Crippen molar-refractivity contribution in [3.05, 3.63) is 29.6 Å². The zero-order valence-corrected chi connectivity index (χ0v) is 10.8. The van der Waals surface area contributed by atoms with Crippen LogP contribution in [0.3, 0.4) is 0 Å². The Morgan fingerprint density at radius 1 is 1.56 bits per heavy atom. The Morgan fingerprint density at radius 2 is 2.22 bits per heavy atom. The summed E-state index contributed by atoms with van der Waals surface area (Å²) in [6, 6.07) is 3.85. The Labute approximate surface area is 106 Å². The fourth-order valence-electron chi connectivity index (χ4n) is 1.40. The molecule has 1 rings (SSSR count). The van der Waals surface area contributed by atoms with Gasteiger partial charge in [0.25, 0.3) is 5.91 Å². The molecule has 1 aromatic rings. The summed E-state index contributed by atoms with van der Waals surface area (Å²) in [6.07, 6.45) is -0.852. The molecule has 1 N–H and O–H groups in total. The molecule has 0 saturated heterocycles. The van der Waals surface area contributed by atoms with E-state index in [1.165, 1.54) is 30.0 Å². The summed E-state index contributed by atoms with van der Waals surface area (Å²) in [5.74, 6) is -0.294. The Bertz CT molecular complexity index is 421. The molecule has 0 spiro atoms. The number of amides is 1. The second-order valence-electron chi connectivity index (χ2n) is 4.05. The third kappa shape index (κ3) is 3.70. The molecule has 1 amide bonds. The van der Waals surface area contributed by atoms with Gasteiger partial charge >= 0.3 is 0 Å². The number of carbonyl (C=O) groups is 1. The van der Waals surface area contributed by atoms with Crippen molar-refractivity contribution >= 4 is 5.91 Å². The highest BCUT2D eigenvalue weighted by Crippen LogP contribution is 2.25. The van der Waals surface area contributed by atoms with Crippen LogP contribution in [0.4, 0.5) is 4.39 Å². The van der Waals surface area contributed by atoms with Crippen molar-refractivity contribution < 1.29 is 19.0 Å². The number of nitrogens with zero attached hydrogens (tertiary/aromatic N) is 1. The Morgan fingerprint density at radius 3 is 2.78 bits per heavy atom. The van der Waals surface area contributed by atoms with E-state index >= 15 is 0 Å². The first kappa shape index (κ1) is 14.4. The van der Waals surface area contributed by atoms with Gasteiger partial charge in [0.2, 0.25) is 0 Å². The molecule has 1 unspecified atom stereocenters. The highest BCUT2D eigenvalue weighted by atomic mass is 19.1. The first-order valence-electron chi connectivity index (χ1n) is 5.80. The van der Waals surface area contributed by atoms with Gasteiger partial charge in [-0.05, 0) is 32.0 Å². The van der Waals surface area contributed by atoms with Gasteiger partial charge in [-0.1, -0.05) is 0 Å². The average molecular weight is 255 g/mol. The highest BCUT2D eigenvalue weighted by Gasteiger charge is 2.13. The Balaban J connectivity index is 2.76. The van der Waals surface area contributed by atoms with E-state index < -0.39 is 11.9 Å². The van der Waals surface area contributed by atoms with Crippen LogP contribution in [0.15, 0.2) is 18.2 Å². The molecular formula is C13H18FNO3. The van der Waals surface area contributed by atoms with Crippen LogP contribution in [0.1, 0.15) is 25.5 Å². The number of hydrogen-bond donors (Lipinski definition) is 1. The van der Waals surface area contributed by atoms with E-state index in [2.05, 4.69) is 0 Å². The summed E-state index contributed by atoms with van der Waals surface area (Å²) < 4.78 is 18.4. The van der Waals surface area contributed by atoms with Gasteiger partial charge in [0.05, 0.1) is 6.10 Å². The van der Waals surface area contributed by atoms with E-state index in [0.717, 1.165) is 0 Å².